The Kier molecular flexibility index (Phi) is 5.05. The van der Waals surface area contributed by atoms with Gasteiger partial charge in [-0.25, -0.2) is 0 Å². The highest BCUT2D eigenvalue weighted by atomic mass is 16.5. The van der Waals surface area contributed by atoms with E-state index in [1.807, 2.05) is 0 Å². The number of likely N-dealkylation sites (N-methyl/N-ethyl adjacent to an activating group) is 1. The molecule has 0 saturated carbocycles. The van der Waals surface area contributed by atoms with Gasteiger partial charge in [-0.1, -0.05) is 0 Å². The predicted octanol–water partition coefficient (Wildman–Crippen LogP) is 0.785. The van der Waals surface area contributed by atoms with Crippen LogP contribution in [0, 0.1) is 0 Å². The van der Waals surface area contributed by atoms with Gasteiger partial charge in [-0.05, 0) is 26.2 Å². The summed E-state index contributed by atoms with van der Waals surface area (Å²) in [7, 11) is 1.73. The number of hydrogen-bond donors (Lipinski definition) is 1. The van der Waals surface area contributed by atoms with Gasteiger partial charge in [0.25, 0.3) is 0 Å². The Balaban J connectivity index is 2.16. The number of amides is 1. The van der Waals surface area contributed by atoms with Gasteiger partial charge in [0, 0.05) is 26.6 Å². The van der Waals surface area contributed by atoms with Gasteiger partial charge in [0.2, 0.25) is 5.91 Å². The third-order valence-electron chi connectivity index (χ3n) is 2.67. The minimum atomic E-state index is -0.457. The quantitative estimate of drug-likeness (QED) is 0.737. The highest BCUT2D eigenvalue weighted by Crippen LogP contribution is 2.17. The molecule has 1 fully saturated rings. The average Bonchev–Trinajstić information content (AvgIpc) is 2.65. The Morgan fingerprint density at radius 3 is 2.93 bits per heavy atom. The zero-order chi connectivity index (χ0) is 11.3. The molecule has 1 rings (SSSR count). The molecule has 1 saturated heterocycles. The Morgan fingerprint density at radius 2 is 2.40 bits per heavy atom. The van der Waals surface area contributed by atoms with E-state index >= 15 is 0 Å². The fourth-order valence-electron chi connectivity index (χ4n) is 1.85. The van der Waals surface area contributed by atoms with E-state index in [1.165, 1.54) is 0 Å². The number of carbonyl (C=O) groups is 1. The van der Waals surface area contributed by atoms with Crippen LogP contribution in [0.2, 0.25) is 0 Å². The molecule has 0 aliphatic carbocycles. The second-order valence-electron chi connectivity index (χ2n) is 4.30. The van der Waals surface area contributed by atoms with Crippen LogP contribution in [0.4, 0.5) is 0 Å². The van der Waals surface area contributed by atoms with Crippen LogP contribution in [0.1, 0.15) is 32.6 Å². The third-order valence-corrected chi connectivity index (χ3v) is 2.67. The first-order valence-corrected chi connectivity index (χ1v) is 5.63. The molecule has 2 unspecified atom stereocenters. The lowest BCUT2D eigenvalue weighted by Gasteiger charge is -2.19. The predicted molar refractivity (Wildman–Crippen MR) is 57.5 cm³/mol. The lowest BCUT2D eigenvalue weighted by Crippen LogP contribution is -2.33. The van der Waals surface area contributed by atoms with E-state index in [4.69, 9.17) is 9.84 Å². The number of aliphatic hydroxyl groups excluding tert-OH is 1. The van der Waals surface area contributed by atoms with Crippen LogP contribution in [0.25, 0.3) is 0 Å². The van der Waals surface area contributed by atoms with Gasteiger partial charge in [-0.2, -0.15) is 0 Å². The molecule has 1 amide bonds. The number of carbonyl (C=O) groups excluding carboxylic acids is 1. The summed E-state index contributed by atoms with van der Waals surface area (Å²) in [6.45, 7) is 2.93. The van der Waals surface area contributed by atoms with Crippen molar-refractivity contribution in [1.82, 2.24) is 4.90 Å². The zero-order valence-corrected chi connectivity index (χ0v) is 9.61. The lowest BCUT2D eigenvalue weighted by molar-refractivity contribution is -0.131. The maximum Gasteiger partial charge on any atom is 0.222 e. The van der Waals surface area contributed by atoms with Gasteiger partial charge in [0.05, 0.1) is 12.2 Å². The number of rotatable bonds is 5. The molecule has 4 nitrogen and oxygen atoms in total. The average molecular weight is 215 g/mol. The topological polar surface area (TPSA) is 49.8 Å². The van der Waals surface area contributed by atoms with Crippen molar-refractivity contribution in [3.8, 4) is 0 Å². The van der Waals surface area contributed by atoms with E-state index in [2.05, 4.69) is 0 Å². The third kappa shape index (κ3) is 4.62. The van der Waals surface area contributed by atoms with E-state index in [0.29, 0.717) is 13.0 Å². The molecule has 1 heterocycles. The summed E-state index contributed by atoms with van der Waals surface area (Å²) in [5.74, 6) is 0.0893. The van der Waals surface area contributed by atoms with Crippen molar-refractivity contribution in [1.29, 1.82) is 0 Å². The minimum Gasteiger partial charge on any atom is -0.392 e. The molecule has 1 aliphatic heterocycles. The van der Waals surface area contributed by atoms with Crippen LogP contribution in [-0.2, 0) is 9.53 Å². The van der Waals surface area contributed by atoms with Crippen molar-refractivity contribution >= 4 is 5.91 Å². The van der Waals surface area contributed by atoms with Crippen molar-refractivity contribution in [3.63, 3.8) is 0 Å². The normalized spacial score (nSPS) is 22.7. The van der Waals surface area contributed by atoms with Gasteiger partial charge in [-0.3, -0.25) is 4.79 Å². The monoisotopic (exact) mass is 215 g/mol. The second kappa shape index (κ2) is 6.08. The SMILES string of the molecule is CC(O)CN(C)C(=O)CCC1CCCO1. The molecular formula is C11H21NO3. The highest BCUT2D eigenvalue weighted by molar-refractivity contribution is 5.75. The van der Waals surface area contributed by atoms with Crippen LogP contribution in [0.15, 0.2) is 0 Å². The summed E-state index contributed by atoms with van der Waals surface area (Å²) < 4.78 is 5.44. The van der Waals surface area contributed by atoms with Gasteiger partial charge >= 0.3 is 0 Å². The molecule has 0 aromatic rings. The summed E-state index contributed by atoms with van der Waals surface area (Å²) in [5, 5.41) is 9.13. The van der Waals surface area contributed by atoms with Gasteiger partial charge < -0.3 is 14.7 Å². The van der Waals surface area contributed by atoms with E-state index in [0.717, 1.165) is 25.9 Å². The molecule has 0 spiro atoms. The van der Waals surface area contributed by atoms with Crippen molar-refractivity contribution < 1.29 is 14.6 Å². The molecule has 0 aromatic carbocycles. The van der Waals surface area contributed by atoms with E-state index in [9.17, 15) is 4.79 Å². The fourth-order valence-corrected chi connectivity index (χ4v) is 1.85. The van der Waals surface area contributed by atoms with E-state index < -0.39 is 6.10 Å². The standard InChI is InChI=1S/C11H21NO3/c1-9(13)8-12(2)11(14)6-5-10-4-3-7-15-10/h9-10,13H,3-8H2,1-2H3. The molecule has 0 aromatic heterocycles. The zero-order valence-electron chi connectivity index (χ0n) is 9.61. The lowest BCUT2D eigenvalue weighted by atomic mass is 10.1. The Hall–Kier alpha value is -0.610. The molecule has 2 atom stereocenters. The molecule has 0 radical (unpaired) electrons. The van der Waals surface area contributed by atoms with E-state index in [1.54, 1.807) is 18.9 Å². The van der Waals surface area contributed by atoms with Crippen molar-refractivity contribution in [2.24, 2.45) is 0 Å². The number of hydrogen-bond acceptors (Lipinski definition) is 3. The van der Waals surface area contributed by atoms with Crippen LogP contribution in [0.3, 0.4) is 0 Å². The summed E-state index contributed by atoms with van der Waals surface area (Å²) in [6.07, 6.45) is 3.34. The van der Waals surface area contributed by atoms with Gasteiger partial charge in [0.1, 0.15) is 0 Å². The summed E-state index contributed by atoms with van der Waals surface area (Å²) in [5.41, 5.74) is 0. The molecule has 88 valence electrons. The first kappa shape index (κ1) is 12.5. The molecule has 4 heteroatoms. The van der Waals surface area contributed by atoms with Crippen LogP contribution >= 0.6 is 0 Å². The molecule has 1 N–H and O–H groups in total. The summed E-state index contributed by atoms with van der Waals surface area (Å²) >= 11 is 0. The Morgan fingerprint density at radius 1 is 1.67 bits per heavy atom. The highest BCUT2D eigenvalue weighted by Gasteiger charge is 2.18. The van der Waals surface area contributed by atoms with Gasteiger partial charge in [-0.15, -0.1) is 0 Å². The van der Waals surface area contributed by atoms with Crippen molar-refractivity contribution in [3.05, 3.63) is 0 Å². The molecular weight excluding hydrogens is 194 g/mol. The van der Waals surface area contributed by atoms with Crippen LogP contribution < -0.4 is 0 Å². The van der Waals surface area contributed by atoms with E-state index in [-0.39, 0.29) is 12.0 Å². The molecule has 15 heavy (non-hydrogen) atoms. The summed E-state index contributed by atoms with van der Waals surface area (Å²) in [4.78, 5) is 13.2. The number of nitrogens with zero attached hydrogens (tertiary/aromatic N) is 1. The molecule has 0 bridgehead atoms. The Bertz CT molecular complexity index is 200. The van der Waals surface area contributed by atoms with Crippen molar-refractivity contribution in [2.45, 2.75) is 44.8 Å². The number of ether oxygens (including phenoxy) is 1. The minimum absolute atomic E-state index is 0.0893. The fraction of sp³-hybridized carbons (Fsp3) is 0.909. The van der Waals surface area contributed by atoms with Crippen LogP contribution in [0.5, 0.6) is 0 Å². The first-order valence-electron chi connectivity index (χ1n) is 5.63. The Labute approximate surface area is 91.2 Å². The second-order valence-corrected chi connectivity index (χ2v) is 4.30. The van der Waals surface area contributed by atoms with Crippen molar-refractivity contribution in [2.75, 3.05) is 20.2 Å². The summed E-state index contributed by atoms with van der Waals surface area (Å²) in [6, 6.07) is 0. The number of aliphatic hydroxyl groups is 1. The smallest absolute Gasteiger partial charge is 0.222 e. The maximum absolute atomic E-state index is 11.6. The van der Waals surface area contributed by atoms with Crippen LogP contribution in [-0.4, -0.2) is 48.3 Å². The largest absolute Gasteiger partial charge is 0.392 e. The maximum atomic E-state index is 11.6. The first-order chi connectivity index (χ1) is 7.09. The van der Waals surface area contributed by atoms with Gasteiger partial charge in [0.15, 0.2) is 0 Å². The molecule has 1 aliphatic rings.